The minimum atomic E-state index is 0.654. The molecule has 166 valence electrons. The second kappa shape index (κ2) is 12.8. The van der Waals surface area contributed by atoms with Crippen LogP contribution in [0.3, 0.4) is 0 Å². The lowest BCUT2D eigenvalue weighted by atomic mass is 9.99. The highest BCUT2D eigenvalue weighted by molar-refractivity contribution is 5.99. The van der Waals surface area contributed by atoms with Crippen molar-refractivity contribution in [2.75, 3.05) is 27.8 Å². The van der Waals surface area contributed by atoms with Crippen molar-refractivity contribution in [3.8, 4) is 11.5 Å². The van der Waals surface area contributed by atoms with Crippen molar-refractivity contribution in [2.24, 2.45) is 10.8 Å². The van der Waals surface area contributed by atoms with E-state index in [-0.39, 0.29) is 0 Å². The van der Waals surface area contributed by atoms with E-state index >= 15 is 0 Å². The summed E-state index contributed by atoms with van der Waals surface area (Å²) < 4.78 is 10.7. The third-order valence-corrected chi connectivity index (χ3v) is 5.00. The molecule has 6 nitrogen and oxygen atoms in total. The molecule has 0 saturated heterocycles. The van der Waals surface area contributed by atoms with Crippen molar-refractivity contribution < 1.29 is 9.47 Å². The van der Waals surface area contributed by atoms with Gasteiger partial charge in [0.1, 0.15) is 5.82 Å². The number of nitrogens with one attached hydrogen (secondary N) is 1. The zero-order valence-corrected chi connectivity index (χ0v) is 19.6. The number of hydrazine groups is 1. The first-order valence-electron chi connectivity index (χ1n) is 10.4. The number of benzene rings is 1. The van der Waals surface area contributed by atoms with Crippen LogP contribution in [0.4, 0.5) is 0 Å². The second-order valence-corrected chi connectivity index (χ2v) is 7.11. The van der Waals surface area contributed by atoms with E-state index in [1.165, 1.54) is 16.2 Å². The highest BCUT2D eigenvalue weighted by Gasteiger charge is 2.11. The molecule has 30 heavy (non-hydrogen) atoms. The van der Waals surface area contributed by atoms with Crippen LogP contribution >= 0.6 is 0 Å². The summed E-state index contributed by atoms with van der Waals surface area (Å²) >= 11 is 0. The van der Waals surface area contributed by atoms with Gasteiger partial charge in [-0.05, 0) is 62.4 Å². The smallest absolute Gasteiger partial charge is 0.161 e. The summed E-state index contributed by atoms with van der Waals surface area (Å²) in [4.78, 5) is 4.81. The molecule has 0 unspecified atom stereocenters. The average Bonchev–Trinajstić information content (AvgIpc) is 2.75. The molecular formula is C24H38N4O2. The van der Waals surface area contributed by atoms with Gasteiger partial charge in [-0.2, -0.15) is 0 Å². The minimum absolute atomic E-state index is 0.654. The van der Waals surface area contributed by atoms with Crippen LogP contribution < -0.4 is 20.6 Å². The molecule has 1 aromatic carbocycles. The topological polar surface area (TPSA) is 72.1 Å². The minimum Gasteiger partial charge on any atom is -0.493 e. The molecule has 0 amide bonds. The number of hydrogen-bond acceptors (Lipinski definition) is 6. The van der Waals surface area contributed by atoms with Gasteiger partial charge in [0, 0.05) is 25.0 Å². The molecular weight excluding hydrogens is 376 g/mol. The fourth-order valence-electron chi connectivity index (χ4n) is 2.98. The zero-order chi connectivity index (χ0) is 22.7. The molecule has 1 aromatic rings. The zero-order valence-electron chi connectivity index (χ0n) is 19.6. The molecule has 0 bridgehead atoms. The quantitative estimate of drug-likeness (QED) is 0.223. The Morgan fingerprint density at radius 3 is 2.40 bits per heavy atom. The van der Waals surface area contributed by atoms with Crippen molar-refractivity contribution in [1.82, 2.24) is 10.3 Å². The Kier molecular flexibility index (Phi) is 10.8. The number of hydrogen-bond donors (Lipinski definition) is 2. The summed E-state index contributed by atoms with van der Waals surface area (Å²) in [6.07, 6.45) is 4.89. The van der Waals surface area contributed by atoms with E-state index in [0.29, 0.717) is 23.9 Å². The van der Waals surface area contributed by atoms with E-state index in [0.717, 1.165) is 36.2 Å². The van der Waals surface area contributed by atoms with Gasteiger partial charge in [0.25, 0.3) is 0 Å². The van der Waals surface area contributed by atoms with Gasteiger partial charge >= 0.3 is 0 Å². The lowest BCUT2D eigenvalue weighted by molar-refractivity contribution is 0.355. The van der Waals surface area contributed by atoms with Crippen molar-refractivity contribution >= 4 is 5.71 Å². The van der Waals surface area contributed by atoms with Crippen LogP contribution in [0.2, 0.25) is 0 Å². The predicted octanol–water partition coefficient (Wildman–Crippen LogP) is 4.79. The van der Waals surface area contributed by atoms with E-state index < -0.39 is 0 Å². The Labute approximate surface area is 182 Å². The monoisotopic (exact) mass is 414 g/mol. The van der Waals surface area contributed by atoms with Crippen LogP contribution in [-0.2, 0) is 0 Å². The molecule has 0 aliphatic heterocycles. The third-order valence-electron chi connectivity index (χ3n) is 5.00. The maximum atomic E-state index is 5.82. The van der Waals surface area contributed by atoms with Crippen LogP contribution in [0.15, 0.2) is 58.5 Å². The van der Waals surface area contributed by atoms with E-state index in [1.54, 1.807) is 21.3 Å². The maximum absolute atomic E-state index is 5.82. The van der Waals surface area contributed by atoms with Crippen molar-refractivity contribution in [1.29, 1.82) is 0 Å². The standard InChI is InChI=1S/C24H38N4O2/c1-9-11-22(27-19(5)28(6)25)21(17(3)10-2)14-15-26-18(4)20-12-13-23(29-7)24(16-20)30-8/h11-13,16,27H,5,9-10,14-15,25H2,1-4,6-8H3/b21-17-,22-11+,26-18+. The number of ether oxygens (including phenoxy) is 2. The Morgan fingerprint density at radius 2 is 1.87 bits per heavy atom. The van der Waals surface area contributed by atoms with Gasteiger partial charge < -0.3 is 19.8 Å². The predicted molar refractivity (Wildman–Crippen MR) is 127 cm³/mol. The SMILES string of the molecule is C=C(NC(=C/CC)/C(CC/N=C(\C)c1ccc(OC)c(OC)c1)=C(/C)CC)N(C)N. The number of rotatable bonds is 12. The van der Waals surface area contributed by atoms with Crippen LogP contribution in [0, 0.1) is 0 Å². The molecule has 6 heteroatoms. The number of methoxy groups -OCH3 is 2. The second-order valence-electron chi connectivity index (χ2n) is 7.11. The Morgan fingerprint density at radius 1 is 1.20 bits per heavy atom. The Bertz CT molecular complexity index is 807. The van der Waals surface area contributed by atoms with Crippen molar-refractivity contribution in [2.45, 2.75) is 47.0 Å². The summed E-state index contributed by atoms with van der Waals surface area (Å²) in [5.74, 6) is 7.89. The van der Waals surface area contributed by atoms with Gasteiger partial charge in [-0.3, -0.25) is 4.99 Å². The van der Waals surface area contributed by atoms with Gasteiger partial charge in [-0.25, -0.2) is 5.84 Å². The molecule has 0 saturated carbocycles. The van der Waals surface area contributed by atoms with Gasteiger partial charge in [0.05, 0.1) is 14.2 Å². The first kappa shape index (κ1) is 25.3. The molecule has 0 atom stereocenters. The molecule has 0 radical (unpaired) electrons. The molecule has 3 N–H and O–H groups in total. The largest absolute Gasteiger partial charge is 0.493 e. The summed E-state index contributed by atoms with van der Waals surface area (Å²) in [6.45, 7) is 13.2. The fraction of sp³-hybridized carbons (Fsp3) is 0.458. The molecule has 0 spiro atoms. The molecule has 0 aromatic heterocycles. The van der Waals surface area contributed by atoms with Crippen LogP contribution in [0.25, 0.3) is 0 Å². The molecule has 0 aliphatic carbocycles. The van der Waals surface area contributed by atoms with Crippen LogP contribution in [0.1, 0.15) is 52.5 Å². The lowest BCUT2D eigenvalue weighted by Crippen LogP contribution is -2.33. The first-order valence-corrected chi connectivity index (χ1v) is 10.4. The van der Waals surface area contributed by atoms with Crippen LogP contribution in [0.5, 0.6) is 11.5 Å². The fourth-order valence-corrected chi connectivity index (χ4v) is 2.98. The lowest BCUT2D eigenvalue weighted by Gasteiger charge is -2.22. The van der Waals surface area contributed by atoms with E-state index in [1.807, 2.05) is 25.1 Å². The highest BCUT2D eigenvalue weighted by atomic mass is 16.5. The van der Waals surface area contributed by atoms with E-state index in [9.17, 15) is 0 Å². The van der Waals surface area contributed by atoms with Gasteiger partial charge in [-0.1, -0.05) is 32.1 Å². The average molecular weight is 415 g/mol. The van der Waals surface area contributed by atoms with Gasteiger partial charge in [-0.15, -0.1) is 0 Å². The Hall–Kier alpha value is -2.73. The summed E-state index contributed by atoms with van der Waals surface area (Å²) in [5.41, 5.74) is 5.62. The number of nitrogens with zero attached hydrogens (tertiary/aromatic N) is 2. The molecule has 0 aliphatic rings. The summed E-state index contributed by atoms with van der Waals surface area (Å²) in [7, 11) is 5.04. The van der Waals surface area contributed by atoms with E-state index in [2.05, 4.69) is 38.7 Å². The maximum Gasteiger partial charge on any atom is 0.161 e. The van der Waals surface area contributed by atoms with Crippen LogP contribution in [-0.4, -0.2) is 38.5 Å². The Balaban J connectivity index is 3.05. The normalized spacial score (nSPS) is 12.9. The van der Waals surface area contributed by atoms with Gasteiger partial charge in [0.15, 0.2) is 11.5 Å². The third kappa shape index (κ3) is 7.26. The van der Waals surface area contributed by atoms with Crippen molar-refractivity contribution in [3.05, 3.63) is 59.1 Å². The summed E-state index contributed by atoms with van der Waals surface area (Å²) in [6, 6.07) is 5.86. The molecule has 0 fully saturated rings. The summed E-state index contributed by atoms with van der Waals surface area (Å²) in [5, 5.41) is 4.85. The number of nitrogens with two attached hydrogens (primary N) is 1. The number of allylic oxidation sites excluding steroid dienone is 3. The molecule has 1 rings (SSSR count). The first-order chi connectivity index (χ1) is 14.3. The molecule has 0 heterocycles. The van der Waals surface area contributed by atoms with Gasteiger partial charge in [0.2, 0.25) is 0 Å². The highest BCUT2D eigenvalue weighted by Crippen LogP contribution is 2.28. The van der Waals surface area contributed by atoms with E-state index in [4.69, 9.17) is 20.3 Å². The van der Waals surface area contributed by atoms with Crippen molar-refractivity contribution in [3.63, 3.8) is 0 Å². The number of aliphatic imine (C=N–C) groups is 1.